The van der Waals surface area contributed by atoms with E-state index in [-0.39, 0.29) is 30.9 Å². The molecule has 0 bridgehead atoms. The van der Waals surface area contributed by atoms with Gasteiger partial charge in [-0.3, -0.25) is 14.2 Å². The fourth-order valence-electron chi connectivity index (χ4n) is 5.06. The molecule has 3 aromatic rings. The summed E-state index contributed by atoms with van der Waals surface area (Å²) in [6, 6.07) is 11.0. The molecule has 3 heterocycles. The Balaban J connectivity index is 0.000000187. The monoisotopic (exact) mass is 557 g/mol. The third kappa shape index (κ3) is 7.46. The second-order valence-electron chi connectivity index (χ2n) is 10.3. The van der Waals surface area contributed by atoms with Gasteiger partial charge in [0.15, 0.2) is 0 Å². The van der Waals surface area contributed by atoms with Crippen molar-refractivity contribution in [2.24, 2.45) is 11.8 Å². The number of hydrogen-bond acceptors (Lipinski definition) is 4. The van der Waals surface area contributed by atoms with Crippen LogP contribution in [0, 0.1) is 23.5 Å². The summed E-state index contributed by atoms with van der Waals surface area (Å²) in [5.74, 6) is -2.67. The number of ether oxygens (including phenoxy) is 1. The highest BCUT2D eigenvalue weighted by atomic mass is 19.4. The summed E-state index contributed by atoms with van der Waals surface area (Å²) in [7, 11) is 0. The summed E-state index contributed by atoms with van der Waals surface area (Å²) in [6.45, 7) is 3.53. The van der Waals surface area contributed by atoms with Gasteiger partial charge in [-0.1, -0.05) is 18.2 Å². The molecule has 0 spiro atoms. The van der Waals surface area contributed by atoms with Gasteiger partial charge in [0.05, 0.1) is 19.2 Å². The van der Waals surface area contributed by atoms with Crippen molar-refractivity contribution in [2.75, 3.05) is 46.1 Å². The molecule has 0 saturated carbocycles. The smallest absolute Gasteiger partial charge is 0.395 e. The molecule has 1 fully saturated rings. The Labute approximate surface area is 223 Å². The van der Waals surface area contributed by atoms with Crippen LogP contribution in [0.2, 0.25) is 0 Å². The largest absolute Gasteiger partial charge is 0.492 e. The highest BCUT2D eigenvalue weighted by Crippen LogP contribution is 2.33. The molecule has 11 heteroatoms. The van der Waals surface area contributed by atoms with Gasteiger partial charge in [-0.25, -0.2) is 8.78 Å². The van der Waals surface area contributed by atoms with Crippen LogP contribution in [0.25, 0.3) is 10.9 Å². The first-order chi connectivity index (χ1) is 18.6. The highest BCUT2D eigenvalue weighted by Gasteiger charge is 2.41. The number of halogens is 6. The Kier molecular flexibility index (Phi) is 9.45. The van der Waals surface area contributed by atoms with Gasteiger partial charge in [0.1, 0.15) is 24.0 Å². The van der Waals surface area contributed by atoms with E-state index >= 15 is 0 Å². The van der Waals surface area contributed by atoms with Gasteiger partial charge >= 0.3 is 6.18 Å². The zero-order valence-electron chi connectivity index (χ0n) is 21.7. The van der Waals surface area contributed by atoms with Crippen LogP contribution in [0.4, 0.5) is 26.3 Å². The van der Waals surface area contributed by atoms with E-state index in [0.717, 1.165) is 54.3 Å². The number of nitrogens with zero attached hydrogens (tertiary/aromatic N) is 2. The molecule has 1 aromatic heterocycles. The maximum absolute atomic E-state index is 12.9. The Hall–Kier alpha value is -2.76. The van der Waals surface area contributed by atoms with E-state index in [1.54, 1.807) is 4.90 Å². The van der Waals surface area contributed by atoms with Gasteiger partial charge in [0.25, 0.3) is 0 Å². The average Bonchev–Trinajstić information content (AvgIpc) is 3.20. The van der Waals surface area contributed by atoms with Crippen molar-refractivity contribution in [3.8, 4) is 5.75 Å². The normalized spacial score (nSPS) is 19.2. The molecule has 5 rings (SSSR count). The number of likely N-dealkylation sites (tertiary alicyclic amines) is 1. The quantitative estimate of drug-likeness (QED) is 0.368. The number of aromatic nitrogens is 1. The highest BCUT2D eigenvalue weighted by molar-refractivity contribution is 5.84. The van der Waals surface area contributed by atoms with Gasteiger partial charge in [-0.15, -0.1) is 0 Å². The van der Waals surface area contributed by atoms with Crippen LogP contribution in [0.15, 0.2) is 42.5 Å². The van der Waals surface area contributed by atoms with Crippen LogP contribution in [0.3, 0.4) is 0 Å². The van der Waals surface area contributed by atoms with Gasteiger partial charge < -0.3 is 14.8 Å². The number of alkyl halides is 4. The summed E-state index contributed by atoms with van der Waals surface area (Å²) in [5, 5.41) is 10.2. The summed E-state index contributed by atoms with van der Waals surface area (Å²) < 4.78 is 81.6. The fourth-order valence-corrected chi connectivity index (χ4v) is 5.06. The number of aliphatic hydroxyl groups excluding tert-OH is 1. The number of aliphatic hydroxyl groups is 1. The maximum Gasteiger partial charge on any atom is 0.395 e. The third-order valence-corrected chi connectivity index (χ3v) is 7.29. The van der Waals surface area contributed by atoms with E-state index in [1.165, 1.54) is 5.56 Å². The molecule has 2 aromatic carbocycles. The second kappa shape index (κ2) is 12.6. The Morgan fingerprint density at radius 2 is 1.79 bits per heavy atom. The van der Waals surface area contributed by atoms with Crippen LogP contribution in [-0.4, -0.2) is 78.2 Å². The van der Waals surface area contributed by atoms with Crippen molar-refractivity contribution in [1.82, 2.24) is 14.8 Å². The fraction of sp³-hybridized carbons (Fsp3) is 0.500. The van der Waals surface area contributed by atoms with Crippen molar-refractivity contribution < 1.29 is 36.2 Å². The SMILES string of the molecule is C[C@@H]1Cc2c([nH]c3ccccc23)CN1C[C@@H](CO)C(F)(F)F.FCC1CN(CCOc2cc(F)cc(F)c2)C1. The maximum atomic E-state index is 12.9. The van der Waals surface area contributed by atoms with E-state index in [2.05, 4.69) is 4.98 Å². The zero-order valence-corrected chi connectivity index (χ0v) is 21.7. The molecule has 1 saturated heterocycles. The van der Waals surface area contributed by atoms with Crippen LogP contribution < -0.4 is 4.74 Å². The summed E-state index contributed by atoms with van der Waals surface area (Å²) >= 11 is 0. The van der Waals surface area contributed by atoms with Crippen LogP contribution in [-0.2, 0) is 13.0 Å². The average molecular weight is 558 g/mol. The first kappa shape index (κ1) is 29.2. The first-order valence-corrected chi connectivity index (χ1v) is 12.9. The number of nitrogens with one attached hydrogen (secondary N) is 1. The Morgan fingerprint density at radius 1 is 1.10 bits per heavy atom. The van der Waals surface area contributed by atoms with Gasteiger partial charge in [-0.05, 0) is 25.0 Å². The number of rotatable bonds is 8. The van der Waals surface area contributed by atoms with Gasteiger partial charge in [0, 0.05) is 79.5 Å². The molecule has 0 amide bonds. The lowest BCUT2D eigenvalue weighted by molar-refractivity contribution is -0.190. The van der Waals surface area contributed by atoms with E-state index in [1.807, 2.05) is 36.1 Å². The molecule has 39 heavy (non-hydrogen) atoms. The lowest BCUT2D eigenvalue weighted by Gasteiger charge is -2.37. The lowest BCUT2D eigenvalue weighted by Crippen LogP contribution is -2.49. The van der Waals surface area contributed by atoms with Crippen molar-refractivity contribution >= 4 is 10.9 Å². The standard InChI is InChI=1S/C16H19F3N2O.C12H14F3NO/c1-10-6-13-12-4-2-3-5-14(12)20-15(13)8-21(10)7-11(9-22)16(17,18)19;13-6-9-7-16(8-9)1-2-17-12-4-10(14)3-11(15)5-12/h2-5,10-11,20,22H,6-9H2,1H3;3-5,9H,1-2,6-8H2/t10-,11+;/m1./s1. The molecule has 0 radical (unpaired) electrons. The second-order valence-corrected chi connectivity index (χ2v) is 10.3. The summed E-state index contributed by atoms with van der Waals surface area (Å²) in [4.78, 5) is 7.15. The van der Waals surface area contributed by atoms with Crippen LogP contribution in [0.5, 0.6) is 5.75 Å². The van der Waals surface area contributed by atoms with E-state index < -0.39 is 30.3 Å². The number of H-pyrrole nitrogens is 1. The topological polar surface area (TPSA) is 51.7 Å². The van der Waals surface area contributed by atoms with Crippen molar-refractivity contribution in [3.63, 3.8) is 0 Å². The van der Waals surface area contributed by atoms with Crippen LogP contribution in [0.1, 0.15) is 18.2 Å². The summed E-state index contributed by atoms with van der Waals surface area (Å²) in [6.07, 6.45) is -3.65. The zero-order chi connectivity index (χ0) is 28.2. The first-order valence-electron chi connectivity index (χ1n) is 12.9. The molecule has 5 nitrogen and oxygen atoms in total. The molecular formula is C28H33F6N3O2. The number of benzene rings is 2. The molecule has 2 aliphatic heterocycles. The van der Waals surface area contributed by atoms with Crippen molar-refractivity contribution in [3.05, 3.63) is 65.4 Å². The molecule has 2 N–H and O–H groups in total. The number of hydrogen-bond donors (Lipinski definition) is 2. The molecule has 2 aliphatic rings. The molecule has 0 aliphatic carbocycles. The van der Waals surface area contributed by atoms with Gasteiger partial charge in [-0.2, -0.15) is 13.2 Å². The molecular weight excluding hydrogens is 524 g/mol. The predicted octanol–water partition coefficient (Wildman–Crippen LogP) is 5.33. The Bertz CT molecular complexity index is 1210. The lowest BCUT2D eigenvalue weighted by atomic mass is 9.96. The minimum absolute atomic E-state index is 0.0168. The minimum atomic E-state index is -4.37. The molecule has 2 atom stereocenters. The Morgan fingerprint density at radius 3 is 2.44 bits per heavy atom. The summed E-state index contributed by atoms with van der Waals surface area (Å²) in [5.41, 5.74) is 3.21. The molecule has 214 valence electrons. The van der Waals surface area contributed by atoms with Crippen molar-refractivity contribution in [1.29, 1.82) is 0 Å². The van der Waals surface area contributed by atoms with Gasteiger partial charge in [0.2, 0.25) is 0 Å². The third-order valence-electron chi connectivity index (χ3n) is 7.29. The van der Waals surface area contributed by atoms with E-state index in [0.29, 0.717) is 19.7 Å². The number of para-hydroxylation sites is 1. The van der Waals surface area contributed by atoms with E-state index in [4.69, 9.17) is 9.84 Å². The predicted molar refractivity (Wildman–Crippen MR) is 136 cm³/mol. The number of aromatic amines is 1. The minimum Gasteiger partial charge on any atom is -0.492 e. The molecule has 0 unspecified atom stereocenters. The van der Waals surface area contributed by atoms with Crippen LogP contribution >= 0.6 is 0 Å². The van der Waals surface area contributed by atoms with E-state index in [9.17, 15) is 26.3 Å². The van der Waals surface area contributed by atoms with Crippen molar-refractivity contribution in [2.45, 2.75) is 32.1 Å². The number of fused-ring (bicyclic) bond motifs is 3.